The number of esters is 1. The van der Waals surface area contributed by atoms with E-state index in [0.717, 1.165) is 56.8 Å². The van der Waals surface area contributed by atoms with E-state index >= 15 is 0 Å². The van der Waals surface area contributed by atoms with Crippen LogP contribution in [0, 0.1) is 0 Å². The number of nitrogens with zero attached hydrogens (tertiary/aromatic N) is 3. The topological polar surface area (TPSA) is 117 Å². The van der Waals surface area contributed by atoms with Crippen molar-refractivity contribution in [1.29, 1.82) is 0 Å². The Morgan fingerprint density at radius 2 is 1.88 bits per heavy atom. The summed E-state index contributed by atoms with van der Waals surface area (Å²) in [6.07, 6.45) is 3.48. The number of benzene rings is 2. The van der Waals surface area contributed by atoms with Gasteiger partial charge in [-0.1, -0.05) is 35.3 Å². The molecule has 2 aromatic rings. The van der Waals surface area contributed by atoms with Crippen molar-refractivity contribution in [2.75, 3.05) is 62.4 Å². The Morgan fingerprint density at radius 3 is 2.64 bits per heavy atom. The standard InChI is InChI=1S/C30H39Cl2N5O5/c1-21(34-18-23(33)19-38)30(40)42-20-37-27-17-24(9-7-22(27)8-10-28(37)39)41-16-3-2-11-35-12-14-36(15-13-35)26-6-4-5-25(31)29(26)32/h4-7,9,17,19,21,23,34H,2-3,8,10-16,18,20,33H2,1H3. The van der Waals surface area contributed by atoms with Crippen molar-refractivity contribution >= 4 is 52.7 Å². The summed E-state index contributed by atoms with van der Waals surface area (Å²) in [5, 5.41) is 4.05. The Kier molecular flexibility index (Phi) is 11.9. The highest BCUT2D eigenvalue weighted by molar-refractivity contribution is 6.43. The van der Waals surface area contributed by atoms with Crippen LogP contribution in [0.1, 0.15) is 31.7 Å². The van der Waals surface area contributed by atoms with Crippen LogP contribution in [0.5, 0.6) is 5.75 Å². The fourth-order valence-corrected chi connectivity index (χ4v) is 5.44. The molecule has 3 N–H and O–H groups in total. The fraction of sp³-hybridized carbons (Fsp3) is 0.500. The van der Waals surface area contributed by atoms with Crippen LogP contribution < -0.4 is 25.6 Å². The van der Waals surface area contributed by atoms with Crippen LogP contribution in [0.15, 0.2) is 36.4 Å². The van der Waals surface area contributed by atoms with Crippen molar-refractivity contribution in [3.8, 4) is 5.75 Å². The molecule has 1 amide bonds. The Labute approximate surface area is 257 Å². The summed E-state index contributed by atoms with van der Waals surface area (Å²) in [5.74, 6) is 0.0218. The molecule has 4 rings (SSSR count). The molecule has 0 spiro atoms. The molecule has 42 heavy (non-hydrogen) atoms. The van der Waals surface area contributed by atoms with E-state index in [2.05, 4.69) is 15.1 Å². The maximum Gasteiger partial charge on any atom is 0.324 e. The SMILES string of the molecule is CC(NCC(N)C=O)C(=O)OCN1C(=O)CCc2ccc(OCCCCN3CCN(c4cccc(Cl)c4Cl)CC3)cc21. The van der Waals surface area contributed by atoms with Crippen LogP contribution in [0.4, 0.5) is 11.4 Å². The number of hydrogen-bond acceptors (Lipinski definition) is 9. The molecule has 0 bridgehead atoms. The van der Waals surface area contributed by atoms with E-state index in [-0.39, 0.29) is 19.2 Å². The fourth-order valence-electron chi connectivity index (χ4n) is 5.02. The minimum absolute atomic E-state index is 0.117. The van der Waals surface area contributed by atoms with Crippen LogP contribution >= 0.6 is 23.2 Å². The molecule has 0 aromatic heterocycles. The van der Waals surface area contributed by atoms with Gasteiger partial charge in [-0.15, -0.1) is 0 Å². The quantitative estimate of drug-likeness (QED) is 0.187. The number of nitrogens with two attached hydrogens (primary N) is 1. The van der Waals surface area contributed by atoms with Gasteiger partial charge >= 0.3 is 5.97 Å². The minimum atomic E-state index is -0.703. The maximum atomic E-state index is 12.7. The molecule has 1 fully saturated rings. The van der Waals surface area contributed by atoms with Crippen LogP contribution in [-0.2, 0) is 25.5 Å². The maximum absolute atomic E-state index is 12.7. The third-order valence-electron chi connectivity index (χ3n) is 7.56. The Bertz CT molecular complexity index is 1240. The largest absolute Gasteiger partial charge is 0.494 e. The smallest absolute Gasteiger partial charge is 0.324 e. The second kappa shape index (κ2) is 15.5. The number of fused-ring (bicyclic) bond motifs is 1. The van der Waals surface area contributed by atoms with Gasteiger partial charge in [0.1, 0.15) is 18.1 Å². The molecule has 2 heterocycles. The number of anilines is 2. The number of ether oxygens (including phenoxy) is 2. The first-order valence-electron chi connectivity index (χ1n) is 14.3. The number of unbranched alkanes of at least 4 members (excludes halogenated alkanes) is 1. The number of carbonyl (C=O) groups is 3. The van der Waals surface area contributed by atoms with E-state index in [0.29, 0.717) is 47.2 Å². The van der Waals surface area contributed by atoms with Gasteiger partial charge in [0.15, 0.2) is 6.73 Å². The number of aryl methyl sites for hydroxylation is 1. The van der Waals surface area contributed by atoms with E-state index in [1.807, 2.05) is 30.3 Å². The minimum Gasteiger partial charge on any atom is -0.494 e. The number of carbonyl (C=O) groups excluding carboxylic acids is 3. The molecular weight excluding hydrogens is 581 g/mol. The van der Waals surface area contributed by atoms with E-state index in [4.69, 9.17) is 38.4 Å². The Hall–Kier alpha value is -2.89. The molecule has 2 unspecified atom stereocenters. The summed E-state index contributed by atoms with van der Waals surface area (Å²) in [4.78, 5) is 42.0. The number of piperazine rings is 1. The molecule has 2 aliphatic heterocycles. The normalized spacial score (nSPS) is 17.0. The highest BCUT2D eigenvalue weighted by Crippen LogP contribution is 2.33. The average Bonchev–Trinajstić information content (AvgIpc) is 3.00. The average molecular weight is 621 g/mol. The third-order valence-corrected chi connectivity index (χ3v) is 8.37. The van der Waals surface area contributed by atoms with E-state index in [9.17, 15) is 14.4 Å². The zero-order valence-electron chi connectivity index (χ0n) is 23.9. The lowest BCUT2D eigenvalue weighted by molar-refractivity contribution is -0.146. The van der Waals surface area contributed by atoms with Gasteiger partial charge in [-0.3, -0.25) is 19.4 Å². The van der Waals surface area contributed by atoms with Gasteiger partial charge in [0.2, 0.25) is 5.91 Å². The number of halogens is 2. The molecule has 228 valence electrons. The molecular formula is C30H39Cl2N5O5. The summed E-state index contributed by atoms with van der Waals surface area (Å²) >= 11 is 12.6. The molecule has 1 saturated heterocycles. The van der Waals surface area contributed by atoms with Crippen LogP contribution in [0.25, 0.3) is 0 Å². The first kappa shape index (κ1) is 32.0. The lowest BCUT2D eigenvalue weighted by Crippen LogP contribution is -2.46. The van der Waals surface area contributed by atoms with Crippen LogP contribution in [0.3, 0.4) is 0 Å². The zero-order valence-corrected chi connectivity index (χ0v) is 25.4. The number of nitrogens with one attached hydrogen (secondary N) is 1. The highest BCUT2D eigenvalue weighted by atomic mass is 35.5. The second-order valence-electron chi connectivity index (χ2n) is 10.6. The summed E-state index contributed by atoms with van der Waals surface area (Å²) in [5.41, 5.74) is 8.24. The summed E-state index contributed by atoms with van der Waals surface area (Å²) in [7, 11) is 0. The molecule has 10 nitrogen and oxygen atoms in total. The van der Waals surface area contributed by atoms with E-state index in [1.54, 1.807) is 13.0 Å². The Balaban J connectivity index is 1.20. The Morgan fingerprint density at radius 1 is 1.10 bits per heavy atom. The lowest BCUT2D eigenvalue weighted by atomic mass is 10.0. The number of hydrogen-bond donors (Lipinski definition) is 2. The predicted octanol–water partition coefficient (Wildman–Crippen LogP) is 3.26. The van der Waals surface area contributed by atoms with Gasteiger partial charge in [0, 0.05) is 45.2 Å². The van der Waals surface area contributed by atoms with Gasteiger partial charge in [0.25, 0.3) is 0 Å². The predicted molar refractivity (Wildman–Crippen MR) is 165 cm³/mol. The van der Waals surface area contributed by atoms with E-state index < -0.39 is 18.1 Å². The van der Waals surface area contributed by atoms with E-state index in [1.165, 1.54) is 4.90 Å². The number of rotatable bonds is 14. The summed E-state index contributed by atoms with van der Waals surface area (Å²) in [6, 6.07) is 10.1. The van der Waals surface area contributed by atoms with Crippen LogP contribution in [0.2, 0.25) is 10.0 Å². The van der Waals surface area contributed by atoms with Gasteiger partial charge in [-0.05, 0) is 56.5 Å². The molecule has 12 heteroatoms. The first-order valence-corrected chi connectivity index (χ1v) is 15.1. The molecule has 2 aliphatic rings. The van der Waals surface area contributed by atoms with Gasteiger partial charge in [-0.25, -0.2) is 0 Å². The van der Waals surface area contributed by atoms with Gasteiger partial charge in [0.05, 0.1) is 34.1 Å². The summed E-state index contributed by atoms with van der Waals surface area (Å²) < 4.78 is 11.4. The monoisotopic (exact) mass is 619 g/mol. The van der Waals surface area contributed by atoms with Crippen molar-refractivity contribution < 1.29 is 23.9 Å². The summed E-state index contributed by atoms with van der Waals surface area (Å²) in [6.45, 7) is 6.86. The highest BCUT2D eigenvalue weighted by Gasteiger charge is 2.27. The van der Waals surface area contributed by atoms with Crippen molar-refractivity contribution in [2.24, 2.45) is 5.73 Å². The lowest BCUT2D eigenvalue weighted by Gasteiger charge is -2.36. The molecule has 0 saturated carbocycles. The van der Waals surface area contributed by atoms with Crippen molar-refractivity contribution in [2.45, 2.75) is 44.7 Å². The number of amides is 1. The molecule has 0 aliphatic carbocycles. The van der Waals surface area contributed by atoms with Crippen molar-refractivity contribution in [3.63, 3.8) is 0 Å². The van der Waals surface area contributed by atoms with Gasteiger partial charge in [-0.2, -0.15) is 0 Å². The first-order chi connectivity index (χ1) is 20.3. The molecule has 0 radical (unpaired) electrons. The second-order valence-corrected chi connectivity index (χ2v) is 11.4. The number of aldehydes is 1. The van der Waals surface area contributed by atoms with Crippen molar-refractivity contribution in [3.05, 3.63) is 52.0 Å². The molecule has 2 aromatic carbocycles. The molecule has 2 atom stereocenters. The zero-order chi connectivity index (χ0) is 30.1. The third kappa shape index (κ3) is 8.58. The van der Waals surface area contributed by atoms with Gasteiger partial charge < -0.3 is 30.2 Å². The van der Waals surface area contributed by atoms with Crippen LogP contribution in [-0.4, -0.2) is 87.8 Å². The van der Waals surface area contributed by atoms with Crippen molar-refractivity contribution in [1.82, 2.24) is 10.2 Å².